The van der Waals surface area contributed by atoms with Gasteiger partial charge in [-0.25, -0.2) is 13.5 Å². The van der Waals surface area contributed by atoms with Crippen molar-refractivity contribution in [3.05, 3.63) is 33.1 Å². The number of hydrogen-bond acceptors (Lipinski definition) is 14. The molecule has 0 bridgehead atoms. The van der Waals surface area contributed by atoms with E-state index in [9.17, 15) is 52.4 Å². The Morgan fingerprint density at radius 1 is 1.06 bits per heavy atom. The summed E-state index contributed by atoms with van der Waals surface area (Å²) >= 11 is 0. The molecule has 16 nitrogen and oxygen atoms in total. The molecule has 1 aromatic heterocycles. The number of aliphatic hydroxyl groups excluding tert-OH is 1. The van der Waals surface area contributed by atoms with Crippen molar-refractivity contribution in [2.24, 2.45) is 0 Å². The van der Waals surface area contributed by atoms with Crippen LogP contribution in [0.2, 0.25) is 0 Å². The average molecular weight is 510 g/mol. The second-order valence-electron chi connectivity index (χ2n) is 5.32. The molecule has 0 aliphatic carbocycles. The van der Waals surface area contributed by atoms with Gasteiger partial charge in [0, 0.05) is 12.3 Å². The number of aliphatic hydroxyl groups is 1. The molecule has 0 amide bonds. The van der Waals surface area contributed by atoms with Crippen molar-refractivity contribution in [3.63, 3.8) is 0 Å². The van der Waals surface area contributed by atoms with Gasteiger partial charge in [-0.1, -0.05) is 0 Å². The van der Waals surface area contributed by atoms with E-state index in [2.05, 4.69) is 13.1 Å². The van der Waals surface area contributed by atoms with Crippen LogP contribution in [0.25, 0.3) is 0 Å². The normalized spacial score (nSPS) is 25.8. The summed E-state index contributed by atoms with van der Waals surface area (Å²) < 4.78 is 62.7. The van der Waals surface area contributed by atoms with E-state index >= 15 is 0 Å². The summed E-state index contributed by atoms with van der Waals surface area (Å²) in [5.41, 5.74) is -1.92. The van der Waals surface area contributed by atoms with Crippen LogP contribution in [0.4, 0.5) is 4.39 Å². The number of nitrogens with one attached hydrogen (secondary N) is 1. The summed E-state index contributed by atoms with van der Waals surface area (Å²) in [5.74, 6) is 0. The molecule has 1 aliphatic rings. The molecule has 0 saturated carbocycles. The number of aromatic nitrogens is 2. The zero-order valence-corrected chi connectivity index (χ0v) is 20.3. The van der Waals surface area contributed by atoms with E-state index in [1.807, 2.05) is 0 Å². The molecule has 2 heterocycles. The topological polar surface area (TPSA) is 255 Å². The number of aromatic amines is 1. The Morgan fingerprint density at radius 2 is 1.61 bits per heavy atom. The molecule has 1 fully saturated rings. The molecular weight excluding hydrogens is 500 g/mol. The predicted molar refractivity (Wildman–Crippen MR) is 77.1 cm³/mol. The number of hydrogen-bond donors (Lipinski definition) is 2. The minimum atomic E-state index is -6.19. The summed E-state index contributed by atoms with van der Waals surface area (Å²) in [7, 11) is -18.2. The van der Waals surface area contributed by atoms with E-state index in [1.165, 1.54) is 0 Å². The minimum Gasteiger partial charge on any atom is -0.790 e. The first-order valence-electron chi connectivity index (χ1n) is 7.11. The molecule has 1 saturated heterocycles. The number of rotatable bonds is 8. The van der Waals surface area contributed by atoms with Gasteiger partial charge in [-0.05, 0) is 0 Å². The number of halogens is 1. The van der Waals surface area contributed by atoms with Gasteiger partial charge in [0.15, 0.2) is 12.4 Å². The molecule has 1 aromatic rings. The molecular formula is C9H10FLi4N2O14P3. The van der Waals surface area contributed by atoms with E-state index in [1.54, 1.807) is 4.98 Å². The van der Waals surface area contributed by atoms with Gasteiger partial charge in [-0.3, -0.25) is 27.8 Å². The Kier molecular flexibility index (Phi) is 17.6. The van der Waals surface area contributed by atoms with Gasteiger partial charge in [0.05, 0.1) is 14.4 Å². The first-order valence-corrected chi connectivity index (χ1v) is 11.5. The van der Waals surface area contributed by atoms with Gasteiger partial charge in [0.1, 0.15) is 12.2 Å². The molecule has 6 atom stereocenters. The van der Waals surface area contributed by atoms with Crippen molar-refractivity contribution in [1.82, 2.24) is 9.55 Å². The first-order chi connectivity index (χ1) is 13.1. The zero-order valence-electron chi connectivity index (χ0n) is 17.6. The largest absolute Gasteiger partial charge is 1.00 e. The van der Waals surface area contributed by atoms with E-state index in [-0.39, 0.29) is 75.4 Å². The van der Waals surface area contributed by atoms with Crippen LogP contribution in [0.3, 0.4) is 0 Å². The maximum Gasteiger partial charge on any atom is 1.00 e. The van der Waals surface area contributed by atoms with Gasteiger partial charge in [-0.2, -0.15) is 0 Å². The molecule has 0 aromatic carbocycles. The summed E-state index contributed by atoms with van der Waals surface area (Å²) in [4.78, 5) is 67.4. The van der Waals surface area contributed by atoms with Crippen LogP contribution in [0, 0.1) is 0 Å². The molecule has 0 radical (unpaired) electrons. The van der Waals surface area contributed by atoms with Crippen molar-refractivity contribution < 1.29 is 136 Å². The Hall–Kier alpha value is 1.33. The number of alkyl halides is 1. The third-order valence-electron chi connectivity index (χ3n) is 3.22. The fourth-order valence-electron chi connectivity index (χ4n) is 2.14. The van der Waals surface area contributed by atoms with Crippen LogP contribution in [0.5, 0.6) is 0 Å². The van der Waals surface area contributed by atoms with E-state index in [0.717, 1.165) is 12.3 Å². The monoisotopic (exact) mass is 510 g/mol. The van der Waals surface area contributed by atoms with Crippen molar-refractivity contribution in [2.45, 2.75) is 24.6 Å². The second-order valence-corrected chi connectivity index (χ2v) is 9.57. The van der Waals surface area contributed by atoms with E-state index in [4.69, 9.17) is 4.74 Å². The number of H-pyrrole nitrogens is 1. The van der Waals surface area contributed by atoms with Gasteiger partial charge in [0.2, 0.25) is 0 Å². The van der Waals surface area contributed by atoms with Crippen molar-refractivity contribution in [3.8, 4) is 0 Å². The van der Waals surface area contributed by atoms with Crippen LogP contribution < -0.4 is 106 Å². The quantitative estimate of drug-likeness (QED) is 0.243. The Bertz CT molecular complexity index is 1020. The third kappa shape index (κ3) is 11.9. The van der Waals surface area contributed by atoms with Gasteiger partial charge in [0.25, 0.3) is 21.2 Å². The van der Waals surface area contributed by atoms with Crippen LogP contribution in [0.15, 0.2) is 21.9 Å². The summed E-state index contributed by atoms with van der Waals surface area (Å²) in [5, 5.41) is 9.76. The summed E-state index contributed by atoms with van der Waals surface area (Å²) in [6.07, 6.45) is -7.13. The van der Waals surface area contributed by atoms with Gasteiger partial charge in [-0.15, -0.1) is 0 Å². The minimum absolute atomic E-state index is 0. The second kappa shape index (κ2) is 14.9. The molecule has 2 N–H and O–H groups in total. The summed E-state index contributed by atoms with van der Waals surface area (Å²) in [6.45, 7) is -1.25. The predicted octanol–water partition coefficient (Wildman–Crippen LogP) is -16.0. The smallest absolute Gasteiger partial charge is 0.790 e. The molecule has 2 rings (SSSR count). The van der Waals surface area contributed by atoms with E-state index in [0.29, 0.717) is 4.57 Å². The zero-order chi connectivity index (χ0) is 22.2. The maximum atomic E-state index is 14.2. The molecule has 24 heteroatoms. The van der Waals surface area contributed by atoms with E-state index < -0.39 is 65.9 Å². The third-order valence-corrected chi connectivity index (χ3v) is 6.88. The number of phosphoric ester groups is 1. The van der Waals surface area contributed by atoms with Crippen LogP contribution in [0.1, 0.15) is 6.23 Å². The molecule has 6 unspecified atom stereocenters. The van der Waals surface area contributed by atoms with Crippen molar-refractivity contribution in [2.75, 3.05) is 6.61 Å². The SMILES string of the molecule is O=c1ccn(C2OC(COP(=O)([O-])OP(=O)([O-])OP(=O)([O-])[O-])C(O)C2F)c(=O)[nH]1.[Li+].[Li+].[Li+].[Li+]. The fraction of sp³-hybridized carbons (Fsp3) is 0.556. The molecule has 1 aliphatic heterocycles. The number of phosphoric acid groups is 3. The standard InChI is InChI=1S/C9H14FN2O14P3.4Li/c10-6-7(14)4(24-8(6)12-2-1-5(13)11-9(12)15)3-23-28(19,20)26-29(21,22)25-27(16,17)18;;;;/h1-2,4,6-8,14H,3H2,(H,19,20)(H,21,22)(H,11,13,15)(H2,16,17,18);;;;/q;4*+1/p-4. The Balaban J connectivity index is -0.00000225. The van der Waals surface area contributed by atoms with Crippen LogP contribution >= 0.6 is 23.5 Å². The first kappa shape index (κ1) is 38.9. The fourth-order valence-corrected chi connectivity index (χ4v) is 5.01. The number of nitrogens with zero attached hydrogens (tertiary/aromatic N) is 1. The van der Waals surface area contributed by atoms with Crippen LogP contribution in [-0.4, -0.2) is 39.6 Å². The summed E-state index contributed by atoms with van der Waals surface area (Å²) in [6, 6.07) is 0.837. The van der Waals surface area contributed by atoms with Crippen LogP contribution in [-0.2, 0) is 31.6 Å². The van der Waals surface area contributed by atoms with Crippen molar-refractivity contribution >= 4 is 23.5 Å². The average Bonchev–Trinajstić information content (AvgIpc) is 2.78. The Labute approximate surface area is 232 Å². The number of ether oxygens (including phenoxy) is 1. The van der Waals surface area contributed by atoms with Gasteiger partial charge < -0.3 is 38.5 Å². The molecule has 0 spiro atoms. The maximum absolute atomic E-state index is 14.2. The molecule has 33 heavy (non-hydrogen) atoms. The Morgan fingerprint density at radius 3 is 2.09 bits per heavy atom. The van der Waals surface area contributed by atoms with Gasteiger partial charge >= 0.3 is 81.1 Å². The molecule has 166 valence electrons. The van der Waals surface area contributed by atoms with Crippen molar-refractivity contribution in [1.29, 1.82) is 0 Å².